The van der Waals surface area contributed by atoms with Gasteiger partial charge in [0.05, 0.1) is 0 Å². The SMILES string of the molecule is Cc1cscc1CNS(=O)(=O)c1cccnc1N. The van der Waals surface area contributed by atoms with E-state index in [1.807, 2.05) is 17.7 Å². The van der Waals surface area contributed by atoms with E-state index < -0.39 is 10.0 Å². The van der Waals surface area contributed by atoms with Gasteiger partial charge in [0.15, 0.2) is 0 Å². The predicted molar refractivity (Wildman–Crippen MR) is 71.7 cm³/mol. The van der Waals surface area contributed by atoms with Crippen molar-refractivity contribution in [2.24, 2.45) is 0 Å². The number of hydrogen-bond donors (Lipinski definition) is 2. The third kappa shape index (κ3) is 2.69. The van der Waals surface area contributed by atoms with Crippen LogP contribution in [0.2, 0.25) is 0 Å². The highest BCUT2D eigenvalue weighted by Gasteiger charge is 2.17. The van der Waals surface area contributed by atoms with Crippen LogP contribution in [0.25, 0.3) is 0 Å². The van der Waals surface area contributed by atoms with E-state index in [2.05, 4.69) is 9.71 Å². The van der Waals surface area contributed by atoms with E-state index in [0.717, 1.165) is 11.1 Å². The van der Waals surface area contributed by atoms with E-state index in [1.54, 1.807) is 17.4 Å². The molecule has 0 radical (unpaired) electrons. The fraction of sp³-hybridized carbons (Fsp3) is 0.182. The van der Waals surface area contributed by atoms with Gasteiger partial charge in [-0.1, -0.05) is 0 Å². The average Bonchev–Trinajstić information content (AvgIpc) is 2.73. The van der Waals surface area contributed by atoms with Crippen molar-refractivity contribution in [2.45, 2.75) is 18.4 Å². The molecule has 0 aliphatic rings. The number of hydrogen-bond acceptors (Lipinski definition) is 5. The lowest BCUT2D eigenvalue weighted by atomic mass is 10.2. The Balaban J connectivity index is 2.19. The van der Waals surface area contributed by atoms with Gasteiger partial charge in [-0.2, -0.15) is 11.3 Å². The molecule has 7 heteroatoms. The first-order valence-corrected chi connectivity index (χ1v) is 7.65. The van der Waals surface area contributed by atoms with Gasteiger partial charge < -0.3 is 5.73 Å². The van der Waals surface area contributed by atoms with E-state index in [0.29, 0.717) is 0 Å². The monoisotopic (exact) mass is 283 g/mol. The molecule has 0 bridgehead atoms. The van der Waals surface area contributed by atoms with Gasteiger partial charge in [-0.25, -0.2) is 18.1 Å². The quantitative estimate of drug-likeness (QED) is 0.890. The van der Waals surface area contributed by atoms with Crippen LogP contribution in [0.5, 0.6) is 0 Å². The molecule has 0 aromatic carbocycles. The number of anilines is 1. The van der Waals surface area contributed by atoms with Crippen molar-refractivity contribution >= 4 is 27.2 Å². The van der Waals surface area contributed by atoms with Crippen LogP contribution in [-0.4, -0.2) is 13.4 Å². The molecule has 2 aromatic heterocycles. The second-order valence-electron chi connectivity index (χ2n) is 3.79. The molecule has 0 fully saturated rings. The van der Waals surface area contributed by atoms with Crippen molar-refractivity contribution in [3.05, 3.63) is 40.2 Å². The fourth-order valence-electron chi connectivity index (χ4n) is 1.45. The van der Waals surface area contributed by atoms with Gasteiger partial charge in [0.25, 0.3) is 0 Å². The molecule has 2 rings (SSSR count). The molecule has 0 saturated carbocycles. The molecule has 2 heterocycles. The molecule has 5 nitrogen and oxygen atoms in total. The van der Waals surface area contributed by atoms with Gasteiger partial charge in [0.1, 0.15) is 10.7 Å². The number of nitrogens with one attached hydrogen (secondary N) is 1. The topological polar surface area (TPSA) is 85.1 Å². The Bertz CT molecular complexity index is 650. The summed E-state index contributed by atoms with van der Waals surface area (Å²) >= 11 is 1.54. The number of nitrogens with zero attached hydrogens (tertiary/aromatic N) is 1. The molecule has 0 aliphatic heterocycles. The highest BCUT2D eigenvalue weighted by molar-refractivity contribution is 7.89. The molecule has 0 spiro atoms. The number of nitrogen functional groups attached to an aromatic ring is 1. The third-order valence-corrected chi connectivity index (χ3v) is 4.86. The van der Waals surface area contributed by atoms with E-state index in [4.69, 9.17) is 5.73 Å². The van der Waals surface area contributed by atoms with Crippen LogP contribution in [0.1, 0.15) is 11.1 Å². The van der Waals surface area contributed by atoms with Gasteiger partial charge in [-0.15, -0.1) is 0 Å². The first-order valence-electron chi connectivity index (χ1n) is 5.22. The summed E-state index contributed by atoms with van der Waals surface area (Å²) in [5.74, 6) is 0.00652. The van der Waals surface area contributed by atoms with Gasteiger partial charge in [0.2, 0.25) is 10.0 Å². The minimum atomic E-state index is -3.62. The van der Waals surface area contributed by atoms with Crippen molar-refractivity contribution in [1.29, 1.82) is 0 Å². The van der Waals surface area contributed by atoms with Crippen LogP contribution >= 0.6 is 11.3 Å². The Kier molecular flexibility index (Phi) is 3.65. The Morgan fingerprint density at radius 1 is 1.44 bits per heavy atom. The summed E-state index contributed by atoms with van der Waals surface area (Å²) < 4.78 is 26.6. The molecule has 0 unspecified atom stereocenters. The summed E-state index contributed by atoms with van der Waals surface area (Å²) in [6, 6.07) is 2.98. The summed E-state index contributed by atoms with van der Waals surface area (Å²) in [4.78, 5) is 3.78. The number of sulfonamides is 1. The summed E-state index contributed by atoms with van der Waals surface area (Å²) in [5.41, 5.74) is 7.59. The van der Waals surface area contributed by atoms with Crippen LogP contribution in [0.4, 0.5) is 5.82 Å². The van der Waals surface area contributed by atoms with Crippen molar-refractivity contribution < 1.29 is 8.42 Å². The second kappa shape index (κ2) is 5.05. The average molecular weight is 283 g/mol. The highest BCUT2D eigenvalue weighted by atomic mass is 32.2. The summed E-state index contributed by atoms with van der Waals surface area (Å²) in [7, 11) is -3.62. The number of thiophene rings is 1. The summed E-state index contributed by atoms with van der Waals surface area (Å²) in [6.07, 6.45) is 1.46. The maximum absolute atomic E-state index is 12.0. The first-order chi connectivity index (χ1) is 8.50. The smallest absolute Gasteiger partial charge is 0.244 e. The van der Waals surface area contributed by atoms with E-state index >= 15 is 0 Å². The fourth-order valence-corrected chi connectivity index (χ4v) is 3.39. The van der Waals surface area contributed by atoms with Crippen LogP contribution in [0, 0.1) is 6.92 Å². The molecule has 3 N–H and O–H groups in total. The number of pyridine rings is 1. The lowest BCUT2D eigenvalue weighted by Crippen LogP contribution is -2.24. The van der Waals surface area contributed by atoms with Gasteiger partial charge in [-0.05, 0) is 40.9 Å². The van der Waals surface area contributed by atoms with Crippen LogP contribution < -0.4 is 10.5 Å². The zero-order chi connectivity index (χ0) is 13.2. The van der Waals surface area contributed by atoms with Gasteiger partial charge >= 0.3 is 0 Å². The minimum absolute atomic E-state index is 0.00652. The second-order valence-corrected chi connectivity index (χ2v) is 6.27. The zero-order valence-corrected chi connectivity index (χ0v) is 11.4. The van der Waals surface area contributed by atoms with Crippen molar-refractivity contribution in [2.75, 3.05) is 5.73 Å². The van der Waals surface area contributed by atoms with Crippen molar-refractivity contribution in [1.82, 2.24) is 9.71 Å². The standard InChI is InChI=1S/C11H13N3O2S2/c1-8-6-17-7-9(8)5-14-18(15,16)10-3-2-4-13-11(10)12/h2-4,6-7,14H,5H2,1H3,(H2,12,13). The Morgan fingerprint density at radius 3 is 2.83 bits per heavy atom. The lowest BCUT2D eigenvalue weighted by molar-refractivity contribution is 0.581. The van der Waals surface area contributed by atoms with Crippen LogP contribution in [-0.2, 0) is 16.6 Å². The zero-order valence-electron chi connectivity index (χ0n) is 9.75. The largest absolute Gasteiger partial charge is 0.383 e. The maximum atomic E-state index is 12.0. The van der Waals surface area contributed by atoms with Crippen molar-refractivity contribution in [3.8, 4) is 0 Å². The van der Waals surface area contributed by atoms with E-state index in [1.165, 1.54) is 12.3 Å². The van der Waals surface area contributed by atoms with Gasteiger partial charge in [0, 0.05) is 12.7 Å². The minimum Gasteiger partial charge on any atom is -0.383 e. The van der Waals surface area contributed by atoms with Crippen molar-refractivity contribution in [3.63, 3.8) is 0 Å². The maximum Gasteiger partial charge on any atom is 0.244 e. The molecular weight excluding hydrogens is 270 g/mol. The number of aromatic nitrogens is 1. The molecule has 0 saturated heterocycles. The number of aryl methyl sites for hydroxylation is 1. The molecule has 96 valence electrons. The molecule has 0 atom stereocenters. The Hall–Kier alpha value is -1.44. The molecule has 0 amide bonds. The van der Waals surface area contributed by atoms with E-state index in [9.17, 15) is 8.42 Å². The highest BCUT2D eigenvalue weighted by Crippen LogP contribution is 2.17. The van der Waals surface area contributed by atoms with Crippen LogP contribution in [0.3, 0.4) is 0 Å². The number of rotatable bonds is 4. The summed E-state index contributed by atoms with van der Waals surface area (Å²) in [6.45, 7) is 2.20. The predicted octanol–water partition coefficient (Wildman–Crippen LogP) is 1.51. The number of nitrogens with two attached hydrogens (primary N) is 1. The third-order valence-electron chi connectivity index (χ3n) is 2.50. The Labute approximate surface area is 110 Å². The van der Waals surface area contributed by atoms with Crippen LogP contribution in [0.15, 0.2) is 34.0 Å². The normalized spacial score (nSPS) is 11.6. The van der Waals surface area contributed by atoms with Gasteiger partial charge in [-0.3, -0.25) is 0 Å². The lowest BCUT2D eigenvalue weighted by Gasteiger charge is -2.07. The molecule has 0 aliphatic carbocycles. The first kappa shape index (κ1) is 13.0. The molecule has 2 aromatic rings. The summed E-state index contributed by atoms with van der Waals surface area (Å²) in [5, 5.41) is 3.90. The Morgan fingerprint density at radius 2 is 2.22 bits per heavy atom. The molecule has 18 heavy (non-hydrogen) atoms. The molecular formula is C11H13N3O2S2. The van der Waals surface area contributed by atoms with E-state index in [-0.39, 0.29) is 17.3 Å².